The van der Waals surface area contributed by atoms with Gasteiger partial charge in [0.05, 0.1) is 0 Å². The van der Waals surface area contributed by atoms with Gasteiger partial charge < -0.3 is 0 Å². The Hall–Kier alpha value is -1.04. The summed E-state index contributed by atoms with van der Waals surface area (Å²) in [5.74, 6) is 0. The van der Waals surface area contributed by atoms with Crippen LogP contribution in [0.4, 0.5) is 0 Å². The van der Waals surface area contributed by atoms with Crippen molar-refractivity contribution in [2.24, 2.45) is 10.8 Å². The molecule has 1 aromatic carbocycles. The molecule has 0 N–H and O–H groups in total. The van der Waals surface area contributed by atoms with Crippen molar-refractivity contribution in [3.05, 3.63) is 42.0 Å². The Balaban J connectivity index is 0.000000494. The molecule has 0 saturated heterocycles. The molecule has 0 saturated carbocycles. The lowest BCUT2D eigenvalue weighted by Gasteiger charge is -2.14. The molecule has 18 heavy (non-hydrogen) atoms. The lowest BCUT2D eigenvalue weighted by molar-refractivity contribution is 0.421. The van der Waals surface area contributed by atoms with E-state index in [1.165, 1.54) is 5.56 Å². The third-order valence-electron chi connectivity index (χ3n) is 1.84. The van der Waals surface area contributed by atoms with Crippen LogP contribution in [0, 0.1) is 10.8 Å². The molecule has 0 atom stereocenters. The quantitative estimate of drug-likeness (QED) is 0.583. The first-order chi connectivity index (χ1) is 8.08. The van der Waals surface area contributed by atoms with E-state index in [0.29, 0.717) is 10.8 Å². The minimum Gasteiger partial charge on any atom is -0.0834 e. The molecular formula is C18H30. The van der Waals surface area contributed by atoms with Gasteiger partial charge in [0.2, 0.25) is 0 Å². The highest BCUT2D eigenvalue weighted by Crippen LogP contribution is 2.19. The second kappa shape index (κ2) is 7.41. The Bertz CT molecular complexity index is 325. The maximum absolute atomic E-state index is 2.25. The lowest BCUT2D eigenvalue weighted by Crippen LogP contribution is -2.01. The molecule has 0 spiro atoms. The van der Waals surface area contributed by atoms with Crippen LogP contribution in [-0.4, -0.2) is 0 Å². The zero-order chi connectivity index (χ0) is 14.2. The van der Waals surface area contributed by atoms with Crippen LogP contribution in [-0.2, 0) is 0 Å². The molecule has 0 bridgehead atoms. The monoisotopic (exact) mass is 246 g/mol. The van der Waals surface area contributed by atoms with Crippen molar-refractivity contribution < 1.29 is 0 Å². The highest BCUT2D eigenvalue weighted by molar-refractivity contribution is 5.48. The van der Waals surface area contributed by atoms with Gasteiger partial charge in [-0.1, -0.05) is 91.0 Å². The SMILES string of the molecule is CC(C)(C)C.CC(C)(C)C/C=C/c1ccccc1. The van der Waals surface area contributed by atoms with Crippen molar-refractivity contribution in [2.75, 3.05) is 0 Å². The minimum absolute atomic E-state index is 0.394. The van der Waals surface area contributed by atoms with Crippen LogP contribution in [0.1, 0.15) is 60.5 Å². The number of hydrogen-bond acceptors (Lipinski definition) is 0. The molecule has 0 unspecified atom stereocenters. The first-order valence-corrected chi connectivity index (χ1v) is 6.79. The average molecular weight is 246 g/mol. The third kappa shape index (κ3) is 15.0. The molecule has 0 aliphatic heterocycles. The molecule has 0 heterocycles. The van der Waals surface area contributed by atoms with Gasteiger partial charge in [0.15, 0.2) is 0 Å². The summed E-state index contributed by atoms with van der Waals surface area (Å²) in [5.41, 5.74) is 2.18. The maximum Gasteiger partial charge on any atom is -0.0260 e. The standard InChI is InChI=1S/C13H18.C5H12/c1-13(2,3)11-7-10-12-8-5-4-6-9-12;1-5(2,3)4/h4-10H,11H2,1-3H3;1-4H3/b10-7+;. The second-order valence-corrected chi connectivity index (χ2v) is 7.58. The fourth-order valence-electron chi connectivity index (χ4n) is 1.11. The van der Waals surface area contributed by atoms with Crippen LogP contribution in [0.15, 0.2) is 36.4 Å². The van der Waals surface area contributed by atoms with E-state index in [9.17, 15) is 0 Å². The van der Waals surface area contributed by atoms with E-state index >= 15 is 0 Å². The molecule has 0 aliphatic carbocycles. The van der Waals surface area contributed by atoms with Crippen molar-refractivity contribution >= 4 is 6.08 Å². The fraction of sp³-hybridized carbons (Fsp3) is 0.556. The summed E-state index contributed by atoms with van der Waals surface area (Å²) in [4.78, 5) is 0. The van der Waals surface area contributed by atoms with Gasteiger partial charge in [0.1, 0.15) is 0 Å². The number of allylic oxidation sites excluding steroid dienone is 1. The van der Waals surface area contributed by atoms with E-state index in [-0.39, 0.29) is 0 Å². The summed E-state index contributed by atoms with van der Waals surface area (Å²) in [5, 5.41) is 0. The normalized spacial score (nSPS) is 12.2. The molecule has 102 valence electrons. The van der Waals surface area contributed by atoms with E-state index in [2.05, 4.69) is 84.9 Å². The average Bonchev–Trinajstić information content (AvgIpc) is 2.14. The molecule has 0 aromatic heterocycles. The minimum atomic E-state index is 0.394. The van der Waals surface area contributed by atoms with Crippen LogP contribution < -0.4 is 0 Å². The highest BCUT2D eigenvalue weighted by Gasteiger charge is 2.05. The smallest absolute Gasteiger partial charge is 0.0260 e. The summed E-state index contributed by atoms with van der Waals surface area (Å²) in [6.45, 7) is 15.5. The number of rotatable bonds is 2. The first kappa shape index (κ1) is 17.0. The Labute approximate surface area is 114 Å². The zero-order valence-electron chi connectivity index (χ0n) is 13.2. The van der Waals surface area contributed by atoms with Gasteiger partial charge in [-0.25, -0.2) is 0 Å². The van der Waals surface area contributed by atoms with Crippen molar-refractivity contribution in [2.45, 2.75) is 54.9 Å². The largest absolute Gasteiger partial charge is 0.0834 e. The van der Waals surface area contributed by atoms with Gasteiger partial charge in [-0.3, -0.25) is 0 Å². The molecule has 1 rings (SSSR count). The van der Waals surface area contributed by atoms with Gasteiger partial charge in [0.25, 0.3) is 0 Å². The maximum atomic E-state index is 2.25. The predicted molar refractivity (Wildman–Crippen MR) is 84.7 cm³/mol. The van der Waals surface area contributed by atoms with E-state index in [0.717, 1.165) is 6.42 Å². The Kier molecular flexibility index (Phi) is 6.98. The van der Waals surface area contributed by atoms with Crippen LogP contribution >= 0.6 is 0 Å². The molecule has 0 nitrogen and oxygen atoms in total. The first-order valence-electron chi connectivity index (χ1n) is 6.79. The topological polar surface area (TPSA) is 0 Å². The van der Waals surface area contributed by atoms with E-state index in [1.54, 1.807) is 0 Å². The Morgan fingerprint density at radius 2 is 1.28 bits per heavy atom. The van der Waals surface area contributed by atoms with Crippen LogP contribution in [0.25, 0.3) is 6.08 Å². The Morgan fingerprint density at radius 3 is 1.67 bits per heavy atom. The third-order valence-corrected chi connectivity index (χ3v) is 1.84. The van der Waals surface area contributed by atoms with Gasteiger partial charge in [0, 0.05) is 0 Å². The summed E-state index contributed by atoms with van der Waals surface area (Å²) in [6.07, 6.45) is 5.56. The van der Waals surface area contributed by atoms with Crippen molar-refractivity contribution in [1.82, 2.24) is 0 Å². The van der Waals surface area contributed by atoms with Gasteiger partial charge in [-0.05, 0) is 22.8 Å². The number of hydrogen-bond donors (Lipinski definition) is 0. The van der Waals surface area contributed by atoms with Crippen LogP contribution in [0.5, 0.6) is 0 Å². The molecular weight excluding hydrogens is 216 g/mol. The fourth-order valence-corrected chi connectivity index (χ4v) is 1.11. The van der Waals surface area contributed by atoms with Crippen LogP contribution in [0.2, 0.25) is 0 Å². The Morgan fingerprint density at radius 1 is 0.833 bits per heavy atom. The van der Waals surface area contributed by atoms with Crippen molar-refractivity contribution in [3.8, 4) is 0 Å². The van der Waals surface area contributed by atoms with E-state index in [4.69, 9.17) is 0 Å². The van der Waals surface area contributed by atoms with Crippen molar-refractivity contribution in [1.29, 1.82) is 0 Å². The summed E-state index contributed by atoms with van der Waals surface area (Å²) in [6, 6.07) is 10.4. The molecule has 0 amide bonds. The van der Waals surface area contributed by atoms with Gasteiger partial charge in [-0.2, -0.15) is 0 Å². The number of benzene rings is 1. The molecule has 0 aliphatic rings. The second-order valence-electron chi connectivity index (χ2n) is 7.58. The zero-order valence-corrected chi connectivity index (χ0v) is 13.2. The van der Waals surface area contributed by atoms with Crippen LogP contribution in [0.3, 0.4) is 0 Å². The highest BCUT2D eigenvalue weighted by atomic mass is 14.1. The van der Waals surface area contributed by atoms with Gasteiger partial charge in [-0.15, -0.1) is 0 Å². The predicted octanol–water partition coefficient (Wildman–Crippen LogP) is 6.19. The van der Waals surface area contributed by atoms with E-state index in [1.807, 2.05) is 6.07 Å². The van der Waals surface area contributed by atoms with Gasteiger partial charge >= 0.3 is 0 Å². The molecule has 0 fully saturated rings. The molecule has 0 heteroatoms. The summed E-state index contributed by atoms with van der Waals surface area (Å²) >= 11 is 0. The molecule has 0 radical (unpaired) electrons. The van der Waals surface area contributed by atoms with E-state index < -0.39 is 0 Å². The molecule has 1 aromatic rings. The summed E-state index contributed by atoms with van der Waals surface area (Å²) < 4.78 is 0. The lowest BCUT2D eigenvalue weighted by atomic mass is 9.92. The van der Waals surface area contributed by atoms with Crippen molar-refractivity contribution in [3.63, 3.8) is 0 Å². The summed E-state index contributed by atoms with van der Waals surface area (Å²) in [7, 11) is 0.